The molecule has 11 aromatic rings. The molecule has 2 aromatic heterocycles. The zero-order valence-corrected chi connectivity index (χ0v) is 33.9. The van der Waals surface area contributed by atoms with Crippen LogP contribution in [0.1, 0.15) is 0 Å². The Balaban J connectivity index is 1.06. The maximum atomic E-state index is 7.04. The lowest BCUT2D eigenvalue weighted by molar-refractivity contribution is 0.488. The summed E-state index contributed by atoms with van der Waals surface area (Å²) >= 11 is 0. The molecule has 0 fully saturated rings. The highest BCUT2D eigenvalue weighted by Gasteiger charge is 2.50. The van der Waals surface area contributed by atoms with Crippen LogP contribution >= 0.6 is 0 Å². The van der Waals surface area contributed by atoms with Crippen LogP contribution < -0.4 is 52.1 Å². The van der Waals surface area contributed by atoms with E-state index in [1.807, 2.05) is 0 Å². The van der Waals surface area contributed by atoms with E-state index >= 15 is 0 Å². The van der Waals surface area contributed by atoms with Gasteiger partial charge in [-0.15, -0.1) is 0 Å². The van der Waals surface area contributed by atoms with Crippen molar-refractivity contribution in [1.29, 1.82) is 0 Å². The SMILES string of the molecule is c1ccc2c(c1)Oc1cc3c4c(nc5ccccc53)-c3ccccc3N3c5cc6c(cc5B2c1c43)B1c2ccccc2Oc2cc3c4c(nc5ccccc53)-c3ccccc3N6c4c21. The lowest BCUT2D eigenvalue weighted by Gasteiger charge is -2.47. The molecule has 64 heavy (non-hydrogen) atoms. The molecule has 0 radical (unpaired) electrons. The molecule has 0 N–H and O–H groups in total. The van der Waals surface area contributed by atoms with Crippen molar-refractivity contribution in [2.24, 2.45) is 0 Å². The molecular formula is C56H28B2N4O2. The fourth-order valence-corrected chi connectivity index (χ4v) is 12.5. The van der Waals surface area contributed by atoms with Crippen LogP contribution in [0.15, 0.2) is 170 Å². The van der Waals surface area contributed by atoms with Gasteiger partial charge in [0.15, 0.2) is 0 Å². The van der Waals surface area contributed by atoms with Crippen LogP contribution in [0.25, 0.3) is 65.9 Å². The summed E-state index contributed by atoms with van der Waals surface area (Å²) in [6.45, 7) is -0.187. The Kier molecular flexibility index (Phi) is 5.56. The van der Waals surface area contributed by atoms with Crippen LogP contribution in [0.5, 0.6) is 23.0 Å². The van der Waals surface area contributed by atoms with Crippen LogP contribution in [0.4, 0.5) is 34.1 Å². The summed E-state index contributed by atoms with van der Waals surface area (Å²) in [7, 11) is 0. The van der Waals surface area contributed by atoms with E-state index in [0.29, 0.717) is 0 Å². The average molecular weight is 810 g/mol. The second-order valence-corrected chi connectivity index (χ2v) is 17.9. The number of hydrogen-bond acceptors (Lipinski definition) is 6. The van der Waals surface area contributed by atoms with Crippen molar-refractivity contribution < 1.29 is 9.47 Å². The summed E-state index contributed by atoms with van der Waals surface area (Å²) in [6, 6.07) is 61.6. The first-order valence-corrected chi connectivity index (χ1v) is 22.1. The van der Waals surface area contributed by atoms with Crippen LogP contribution in [-0.4, -0.2) is 23.4 Å². The molecule has 8 heteroatoms. The summed E-state index contributed by atoms with van der Waals surface area (Å²) in [4.78, 5) is 16.0. The minimum atomic E-state index is -0.0937. The van der Waals surface area contributed by atoms with Gasteiger partial charge < -0.3 is 19.3 Å². The summed E-state index contributed by atoms with van der Waals surface area (Å²) in [6.07, 6.45) is 0. The molecule has 6 aliphatic rings. The standard InChI is InChI=1S/C56H28B2N4O2/c1-7-19-39-29(13-1)33-25-47-51-55-49(33)53(59-39)31-15-3-9-21-41(31)61(55)43-28-44-38(27-37(43)57(51)35-17-5-11-23-45(35)63-47)58-36-18-6-12-24-46(36)64-48-26-34-30-14-2-8-20-40(30)60-54-32-16-4-10-22-42(32)62(44)56(50(34)54)52(48)58/h1-28H. The van der Waals surface area contributed by atoms with Gasteiger partial charge in [-0.1, -0.05) is 115 Å². The van der Waals surface area contributed by atoms with E-state index in [9.17, 15) is 0 Å². The molecule has 0 saturated carbocycles. The van der Waals surface area contributed by atoms with Gasteiger partial charge in [-0.25, -0.2) is 9.97 Å². The number of hydrogen-bond donors (Lipinski definition) is 0. The third-order valence-electron chi connectivity index (χ3n) is 14.9. The molecule has 0 bridgehead atoms. The minimum Gasteiger partial charge on any atom is -0.458 e. The fraction of sp³-hybridized carbons (Fsp3) is 0. The lowest BCUT2D eigenvalue weighted by Crippen LogP contribution is -2.64. The van der Waals surface area contributed by atoms with Gasteiger partial charge in [-0.2, -0.15) is 0 Å². The Hall–Kier alpha value is -8.35. The predicted octanol–water partition coefficient (Wildman–Crippen LogP) is 9.86. The average Bonchev–Trinajstić information content (AvgIpc) is 3.35. The van der Waals surface area contributed by atoms with Crippen molar-refractivity contribution in [2.45, 2.75) is 0 Å². The minimum absolute atomic E-state index is 0.0937. The van der Waals surface area contributed by atoms with Gasteiger partial charge >= 0.3 is 0 Å². The number of aromatic nitrogens is 2. The molecule has 6 nitrogen and oxygen atoms in total. The zero-order chi connectivity index (χ0) is 41.1. The lowest BCUT2D eigenvalue weighted by atomic mass is 9.30. The highest BCUT2D eigenvalue weighted by molar-refractivity contribution is 7.02. The highest BCUT2D eigenvalue weighted by Crippen LogP contribution is 2.57. The quantitative estimate of drug-likeness (QED) is 0.112. The summed E-state index contributed by atoms with van der Waals surface area (Å²) in [5, 5.41) is 6.87. The molecule has 17 rings (SSSR count). The maximum Gasteiger partial charge on any atom is 0.256 e. The Morgan fingerprint density at radius 1 is 0.359 bits per heavy atom. The molecule has 0 saturated heterocycles. The third-order valence-corrected chi connectivity index (χ3v) is 14.9. The zero-order valence-electron chi connectivity index (χ0n) is 33.9. The monoisotopic (exact) mass is 810 g/mol. The predicted molar refractivity (Wildman–Crippen MR) is 262 cm³/mol. The van der Waals surface area contributed by atoms with E-state index < -0.39 is 0 Å². The van der Waals surface area contributed by atoms with Crippen molar-refractivity contribution in [1.82, 2.24) is 9.97 Å². The second-order valence-electron chi connectivity index (χ2n) is 17.9. The first-order valence-electron chi connectivity index (χ1n) is 22.1. The van der Waals surface area contributed by atoms with Gasteiger partial charge in [0.05, 0.1) is 45.2 Å². The number of fused-ring (bicyclic) bond motifs is 20. The van der Waals surface area contributed by atoms with E-state index in [1.165, 1.54) is 32.8 Å². The summed E-state index contributed by atoms with van der Waals surface area (Å²) < 4.78 is 14.1. The Morgan fingerprint density at radius 3 is 1.31 bits per heavy atom. The normalized spacial score (nSPS) is 14.4. The van der Waals surface area contributed by atoms with Crippen molar-refractivity contribution in [2.75, 3.05) is 9.80 Å². The number of rotatable bonds is 0. The smallest absolute Gasteiger partial charge is 0.256 e. The van der Waals surface area contributed by atoms with Gasteiger partial charge in [0.25, 0.3) is 13.4 Å². The van der Waals surface area contributed by atoms with Gasteiger partial charge in [0, 0.05) is 44.0 Å². The number of para-hydroxylation sites is 6. The van der Waals surface area contributed by atoms with Gasteiger partial charge in [-0.3, -0.25) is 0 Å². The number of anilines is 6. The third kappa shape index (κ3) is 3.66. The fourth-order valence-electron chi connectivity index (χ4n) is 12.5. The van der Waals surface area contributed by atoms with Crippen molar-refractivity contribution >= 4 is 124 Å². The molecule has 9 aromatic carbocycles. The number of ether oxygens (including phenoxy) is 2. The molecule has 0 spiro atoms. The van der Waals surface area contributed by atoms with Crippen LogP contribution in [0, 0.1) is 0 Å². The number of pyridine rings is 2. The molecule has 290 valence electrons. The van der Waals surface area contributed by atoms with E-state index in [1.54, 1.807) is 0 Å². The molecule has 0 aliphatic carbocycles. The van der Waals surface area contributed by atoms with E-state index in [4.69, 9.17) is 19.4 Å². The van der Waals surface area contributed by atoms with Crippen molar-refractivity contribution in [3.63, 3.8) is 0 Å². The molecular weight excluding hydrogens is 782 g/mol. The highest BCUT2D eigenvalue weighted by atomic mass is 16.5. The van der Waals surface area contributed by atoms with E-state index in [2.05, 4.69) is 180 Å². The largest absolute Gasteiger partial charge is 0.458 e. The first kappa shape index (κ1) is 32.4. The van der Waals surface area contributed by atoms with E-state index in [-0.39, 0.29) is 13.4 Å². The Labute approximate surface area is 366 Å². The molecule has 0 amide bonds. The molecule has 0 atom stereocenters. The van der Waals surface area contributed by atoms with Crippen LogP contribution in [-0.2, 0) is 0 Å². The van der Waals surface area contributed by atoms with Crippen molar-refractivity contribution in [3.05, 3.63) is 170 Å². The van der Waals surface area contributed by atoms with Gasteiger partial charge in [0.1, 0.15) is 23.0 Å². The van der Waals surface area contributed by atoms with Crippen molar-refractivity contribution in [3.8, 4) is 45.5 Å². The van der Waals surface area contributed by atoms with Crippen LogP contribution in [0.2, 0.25) is 0 Å². The molecule has 6 aliphatic heterocycles. The number of benzene rings is 9. The van der Waals surface area contributed by atoms with E-state index in [0.717, 1.165) is 123 Å². The topological polar surface area (TPSA) is 50.7 Å². The summed E-state index contributed by atoms with van der Waals surface area (Å²) in [5.74, 6) is 3.58. The first-order chi connectivity index (χ1) is 31.8. The molecule has 8 heterocycles. The van der Waals surface area contributed by atoms with Crippen LogP contribution in [0.3, 0.4) is 0 Å². The van der Waals surface area contributed by atoms with Gasteiger partial charge in [-0.05, 0) is 98.1 Å². The Bertz CT molecular complexity index is 3830. The number of nitrogens with zero attached hydrogens (tertiary/aromatic N) is 4. The summed E-state index contributed by atoms with van der Waals surface area (Å²) in [5.41, 5.74) is 20.3. The van der Waals surface area contributed by atoms with Gasteiger partial charge in [0.2, 0.25) is 0 Å². The molecule has 0 unspecified atom stereocenters. The Morgan fingerprint density at radius 2 is 0.797 bits per heavy atom. The maximum absolute atomic E-state index is 7.04. The second kappa shape index (κ2) is 11.0.